The lowest BCUT2D eigenvalue weighted by molar-refractivity contribution is 0.0977. The molecule has 1 aromatic heterocycles. The molecule has 4 rings (SSSR count). The first-order valence-electron chi connectivity index (χ1n) is 10.3. The van der Waals surface area contributed by atoms with Crippen LogP contribution in [0, 0.1) is 5.82 Å². The van der Waals surface area contributed by atoms with Gasteiger partial charge in [0.25, 0.3) is 5.91 Å². The molecule has 0 bridgehead atoms. The third-order valence-corrected chi connectivity index (χ3v) is 5.50. The Morgan fingerprint density at radius 3 is 2.66 bits per heavy atom. The zero-order valence-electron chi connectivity index (χ0n) is 17.7. The van der Waals surface area contributed by atoms with Gasteiger partial charge < -0.3 is 9.73 Å². The van der Waals surface area contributed by atoms with Crippen LogP contribution in [0.25, 0.3) is 22.6 Å². The number of thiocarbonyl (C=S) groups is 1. The van der Waals surface area contributed by atoms with Crippen molar-refractivity contribution in [1.29, 1.82) is 0 Å². The van der Waals surface area contributed by atoms with Crippen LogP contribution < -0.4 is 10.6 Å². The van der Waals surface area contributed by atoms with E-state index in [1.807, 2.05) is 30.3 Å². The molecule has 5 nitrogen and oxygen atoms in total. The Labute approximate surface area is 190 Å². The number of hydrogen-bond acceptors (Lipinski definition) is 4. The van der Waals surface area contributed by atoms with Gasteiger partial charge in [-0.15, -0.1) is 0 Å². The second-order valence-electron chi connectivity index (χ2n) is 7.55. The highest BCUT2D eigenvalue weighted by atomic mass is 32.1. The van der Waals surface area contributed by atoms with Gasteiger partial charge in [0.15, 0.2) is 10.7 Å². The summed E-state index contributed by atoms with van der Waals surface area (Å²) in [5, 5.41) is 5.70. The molecular weight excluding hydrogens is 425 g/mol. The number of anilines is 1. The van der Waals surface area contributed by atoms with E-state index >= 15 is 0 Å². The van der Waals surface area contributed by atoms with Crippen molar-refractivity contribution in [3.8, 4) is 11.5 Å². The SMILES string of the molecule is CCC(C)c1ccc2oc(-c3cccc(NC(=S)NC(=O)c4ccc(F)cc4)c3)nc2c1. The number of aromatic nitrogens is 1. The number of benzene rings is 3. The van der Waals surface area contributed by atoms with Crippen molar-refractivity contribution in [3.05, 3.63) is 83.7 Å². The van der Waals surface area contributed by atoms with Crippen molar-refractivity contribution < 1.29 is 13.6 Å². The molecule has 32 heavy (non-hydrogen) atoms. The zero-order valence-corrected chi connectivity index (χ0v) is 18.5. The van der Waals surface area contributed by atoms with Crippen molar-refractivity contribution in [2.24, 2.45) is 0 Å². The fourth-order valence-corrected chi connectivity index (χ4v) is 3.49. The Morgan fingerprint density at radius 2 is 1.91 bits per heavy atom. The summed E-state index contributed by atoms with van der Waals surface area (Å²) in [6.07, 6.45) is 1.06. The topological polar surface area (TPSA) is 67.2 Å². The van der Waals surface area contributed by atoms with Gasteiger partial charge in [-0.3, -0.25) is 10.1 Å². The van der Waals surface area contributed by atoms with E-state index in [-0.39, 0.29) is 5.11 Å². The monoisotopic (exact) mass is 447 g/mol. The minimum atomic E-state index is -0.422. The van der Waals surface area contributed by atoms with E-state index in [9.17, 15) is 9.18 Å². The highest BCUT2D eigenvalue weighted by molar-refractivity contribution is 7.80. The molecule has 0 saturated heterocycles. The standard InChI is InChI=1S/C25H22FN3O2S/c1-3-15(2)17-9-12-22-21(14-17)28-24(31-22)18-5-4-6-20(13-18)27-25(32)29-23(30)16-7-10-19(26)11-8-16/h4-15H,3H2,1-2H3,(H2,27,29,30,32). The zero-order chi connectivity index (χ0) is 22.7. The van der Waals surface area contributed by atoms with Crippen LogP contribution in [0.15, 0.2) is 71.1 Å². The lowest BCUT2D eigenvalue weighted by Gasteiger charge is -2.10. The molecule has 162 valence electrons. The number of carbonyl (C=O) groups excluding carboxylic acids is 1. The van der Waals surface area contributed by atoms with Crippen LogP contribution >= 0.6 is 12.2 Å². The maximum absolute atomic E-state index is 13.0. The van der Waals surface area contributed by atoms with Gasteiger partial charge in [0.2, 0.25) is 5.89 Å². The number of amides is 1. The van der Waals surface area contributed by atoms with Crippen molar-refractivity contribution in [1.82, 2.24) is 10.3 Å². The molecular formula is C25H22FN3O2S. The maximum Gasteiger partial charge on any atom is 0.257 e. The van der Waals surface area contributed by atoms with Gasteiger partial charge in [-0.2, -0.15) is 0 Å². The van der Waals surface area contributed by atoms with Gasteiger partial charge >= 0.3 is 0 Å². The molecule has 1 heterocycles. The normalized spacial score (nSPS) is 11.8. The van der Waals surface area contributed by atoms with Gasteiger partial charge in [0.1, 0.15) is 11.3 Å². The summed E-state index contributed by atoms with van der Waals surface area (Å²) >= 11 is 5.24. The van der Waals surface area contributed by atoms with Crippen LogP contribution in [0.4, 0.5) is 10.1 Å². The largest absolute Gasteiger partial charge is 0.436 e. The van der Waals surface area contributed by atoms with Gasteiger partial charge in [0, 0.05) is 16.8 Å². The summed E-state index contributed by atoms with van der Waals surface area (Å²) in [7, 11) is 0. The third kappa shape index (κ3) is 4.84. The van der Waals surface area contributed by atoms with Crippen LogP contribution in [0.3, 0.4) is 0 Å². The summed E-state index contributed by atoms with van der Waals surface area (Å²) in [4.78, 5) is 16.9. The van der Waals surface area contributed by atoms with Gasteiger partial charge in [-0.25, -0.2) is 9.37 Å². The second kappa shape index (κ2) is 9.28. The summed E-state index contributed by atoms with van der Waals surface area (Å²) in [6.45, 7) is 4.35. The van der Waals surface area contributed by atoms with Crippen molar-refractivity contribution in [3.63, 3.8) is 0 Å². The molecule has 0 aliphatic rings. The highest BCUT2D eigenvalue weighted by Crippen LogP contribution is 2.29. The van der Waals surface area contributed by atoms with Gasteiger partial charge in [-0.05, 0) is 84.7 Å². The Kier molecular flexibility index (Phi) is 6.28. The van der Waals surface area contributed by atoms with E-state index < -0.39 is 11.7 Å². The number of carbonyl (C=O) groups is 1. The average Bonchev–Trinajstić information content (AvgIpc) is 3.22. The van der Waals surface area contributed by atoms with Gasteiger partial charge in [0.05, 0.1) is 0 Å². The number of rotatable bonds is 5. The Balaban J connectivity index is 1.49. The van der Waals surface area contributed by atoms with E-state index in [0.717, 1.165) is 23.1 Å². The van der Waals surface area contributed by atoms with E-state index in [2.05, 4.69) is 41.6 Å². The van der Waals surface area contributed by atoms with Crippen molar-refractivity contribution >= 4 is 40.0 Å². The van der Waals surface area contributed by atoms with Crippen molar-refractivity contribution in [2.45, 2.75) is 26.2 Å². The van der Waals surface area contributed by atoms with Gasteiger partial charge in [-0.1, -0.05) is 26.0 Å². The number of oxazole rings is 1. The van der Waals surface area contributed by atoms with Crippen LogP contribution in [-0.2, 0) is 0 Å². The van der Waals surface area contributed by atoms with Crippen LogP contribution in [0.1, 0.15) is 42.1 Å². The quantitative estimate of drug-likeness (QED) is 0.353. The van der Waals surface area contributed by atoms with Crippen LogP contribution in [0.2, 0.25) is 0 Å². The molecule has 1 amide bonds. The number of halogens is 1. The number of fused-ring (bicyclic) bond motifs is 1. The van der Waals surface area contributed by atoms with Crippen LogP contribution in [-0.4, -0.2) is 16.0 Å². The molecule has 0 fully saturated rings. The number of nitrogens with zero attached hydrogens (tertiary/aromatic N) is 1. The first kappa shape index (κ1) is 21.6. The Morgan fingerprint density at radius 1 is 1.12 bits per heavy atom. The average molecular weight is 448 g/mol. The fourth-order valence-electron chi connectivity index (χ4n) is 3.28. The first-order chi connectivity index (χ1) is 15.4. The highest BCUT2D eigenvalue weighted by Gasteiger charge is 2.12. The molecule has 0 spiro atoms. The molecule has 0 aliphatic heterocycles. The maximum atomic E-state index is 13.0. The van der Waals surface area contributed by atoms with E-state index in [4.69, 9.17) is 16.6 Å². The number of nitrogens with one attached hydrogen (secondary N) is 2. The summed E-state index contributed by atoms with van der Waals surface area (Å²) in [6, 6.07) is 18.7. The smallest absolute Gasteiger partial charge is 0.257 e. The first-order valence-corrected chi connectivity index (χ1v) is 10.7. The minimum absolute atomic E-state index is 0.132. The van der Waals surface area contributed by atoms with E-state index in [1.165, 1.54) is 29.8 Å². The third-order valence-electron chi connectivity index (χ3n) is 5.29. The molecule has 2 N–H and O–H groups in total. The number of hydrogen-bond donors (Lipinski definition) is 2. The Bertz CT molecular complexity index is 1280. The molecule has 4 aromatic rings. The van der Waals surface area contributed by atoms with Crippen LogP contribution in [0.5, 0.6) is 0 Å². The molecule has 1 atom stereocenters. The minimum Gasteiger partial charge on any atom is -0.436 e. The molecule has 7 heteroatoms. The van der Waals surface area contributed by atoms with Crippen molar-refractivity contribution in [2.75, 3.05) is 5.32 Å². The second-order valence-corrected chi connectivity index (χ2v) is 7.96. The molecule has 0 saturated carbocycles. The lowest BCUT2D eigenvalue weighted by atomic mass is 9.98. The predicted octanol–water partition coefficient (Wildman–Crippen LogP) is 6.27. The summed E-state index contributed by atoms with van der Waals surface area (Å²) in [5.74, 6) is 0.133. The Hall–Kier alpha value is -3.58. The van der Waals surface area contributed by atoms with E-state index in [0.29, 0.717) is 23.1 Å². The lowest BCUT2D eigenvalue weighted by Crippen LogP contribution is -2.34. The molecule has 0 radical (unpaired) electrons. The molecule has 1 unspecified atom stereocenters. The fraction of sp³-hybridized carbons (Fsp3) is 0.160. The predicted molar refractivity (Wildman–Crippen MR) is 128 cm³/mol. The molecule has 3 aromatic carbocycles. The molecule has 0 aliphatic carbocycles. The van der Waals surface area contributed by atoms with E-state index in [1.54, 1.807) is 0 Å². The summed E-state index contributed by atoms with van der Waals surface area (Å²) in [5.41, 5.74) is 4.55. The summed E-state index contributed by atoms with van der Waals surface area (Å²) < 4.78 is 19.0.